The first-order valence-electron chi connectivity index (χ1n) is 11.4. The maximum atomic E-state index is 12.6. The fourth-order valence-electron chi connectivity index (χ4n) is 4.17. The van der Waals surface area contributed by atoms with E-state index in [2.05, 4.69) is 5.32 Å². The van der Waals surface area contributed by atoms with E-state index < -0.39 is 84.4 Å². The molecule has 1 saturated heterocycles. The van der Waals surface area contributed by atoms with Crippen molar-refractivity contribution in [1.29, 1.82) is 0 Å². The summed E-state index contributed by atoms with van der Waals surface area (Å²) in [5.41, 5.74) is 4.28. The van der Waals surface area contributed by atoms with E-state index in [1.54, 1.807) is 30.3 Å². The number of nitrogens with two attached hydrogens (primary N) is 1. The molecule has 2 amide bonds. The number of H-pyrrole nitrogens is 1. The molecule has 2 aliphatic heterocycles. The minimum atomic E-state index is -1.81. The average molecular weight is 534 g/mol. The van der Waals surface area contributed by atoms with Crippen molar-refractivity contribution in [2.75, 3.05) is 11.9 Å². The number of nitrogens with zero attached hydrogens (tertiary/aromatic N) is 1. The molecule has 8 atom stereocenters. The third kappa shape index (κ3) is 5.52. The van der Waals surface area contributed by atoms with Gasteiger partial charge in [0, 0.05) is 23.9 Å². The van der Waals surface area contributed by atoms with Crippen molar-refractivity contribution >= 4 is 17.5 Å². The van der Waals surface area contributed by atoms with Crippen LogP contribution >= 0.6 is 0 Å². The van der Waals surface area contributed by atoms with Gasteiger partial charge in [-0.15, -0.1) is 0 Å². The van der Waals surface area contributed by atoms with E-state index in [0.717, 1.165) is 22.9 Å². The Kier molecular flexibility index (Phi) is 8.05. The molecule has 1 aromatic carbocycles. The van der Waals surface area contributed by atoms with Gasteiger partial charge in [0.05, 0.1) is 6.61 Å². The highest BCUT2D eigenvalue weighted by atomic mass is 16.7. The molecule has 15 nitrogen and oxygen atoms in total. The molecule has 0 spiro atoms. The normalized spacial score (nSPS) is 29.7. The topological polar surface area (TPSA) is 236 Å². The molecule has 15 heteroatoms. The molecule has 8 N–H and O–H groups in total. The van der Waals surface area contributed by atoms with Gasteiger partial charge in [-0.25, -0.2) is 4.79 Å². The first-order chi connectivity index (χ1) is 18.1. The predicted molar refractivity (Wildman–Crippen MR) is 126 cm³/mol. The Labute approximate surface area is 213 Å². The lowest BCUT2D eigenvalue weighted by molar-refractivity contribution is -0.239. The Bertz CT molecular complexity index is 1310. The number of para-hydroxylation sites is 1. The Hall–Kier alpha value is -3.86. The third-order valence-electron chi connectivity index (χ3n) is 6.09. The number of aromatic amines is 1. The molecule has 1 aromatic heterocycles. The standard InChI is InChI=1S/C23H26N4O11/c24-19(33)18(17-11(9-28)15(31)21(37-17)27-7-6-14(30)26-23(27)35)38-22-16(32)12(29)8-13(36-22)20(34)25-10-4-2-1-3-5-10/h1-8,11-12,15-18,21-22,28-29,31-32H,9H2,(H2,24,33)(H,25,34)(H,26,30,35)/t11-,12-,15+,16-,17-,18+,21+,22+/m0/s1. The summed E-state index contributed by atoms with van der Waals surface area (Å²) in [5, 5.41) is 43.8. The number of aliphatic hydroxyl groups excluding tert-OH is 4. The number of nitrogens with one attached hydrogen (secondary N) is 2. The highest BCUT2D eigenvalue weighted by Crippen LogP contribution is 2.36. The second-order valence-electron chi connectivity index (χ2n) is 8.62. The van der Waals surface area contributed by atoms with Crippen molar-refractivity contribution in [3.63, 3.8) is 0 Å². The molecule has 0 bridgehead atoms. The molecule has 0 unspecified atom stereocenters. The number of ether oxygens (including phenoxy) is 3. The SMILES string of the molecule is NC(=O)[C@H](O[C@H]1OC(C(=O)Nc2ccccc2)=C[C@H](O)[C@@H]1O)[C@H]1O[C@@H](n2ccc(=O)[nH]c2=O)[C@H](O)[C@@H]1CO. The molecule has 0 aliphatic carbocycles. The van der Waals surface area contributed by atoms with E-state index >= 15 is 0 Å². The number of benzene rings is 1. The van der Waals surface area contributed by atoms with Crippen LogP contribution in [0.4, 0.5) is 5.69 Å². The number of carbonyl (C=O) groups excluding carboxylic acids is 2. The van der Waals surface area contributed by atoms with Crippen LogP contribution < -0.4 is 22.3 Å². The first kappa shape index (κ1) is 27.2. The summed E-state index contributed by atoms with van der Waals surface area (Å²) >= 11 is 0. The van der Waals surface area contributed by atoms with Gasteiger partial charge in [0.1, 0.15) is 24.4 Å². The quantitative estimate of drug-likeness (QED) is 0.179. The average Bonchev–Trinajstić information content (AvgIpc) is 3.20. The van der Waals surface area contributed by atoms with Gasteiger partial charge in [-0.1, -0.05) is 18.2 Å². The summed E-state index contributed by atoms with van der Waals surface area (Å²) in [6, 6.07) is 9.30. The molecule has 2 aromatic rings. The van der Waals surface area contributed by atoms with Crippen LogP contribution in [0, 0.1) is 5.92 Å². The van der Waals surface area contributed by atoms with Crippen LogP contribution in [0.3, 0.4) is 0 Å². The number of hydrogen-bond acceptors (Lipinski definition) is 11. The Balaban J connectivity index is 1.55. The molecule has 0 saturated carbocycles. The summed E-state index contributed by atoms with van der Waals surface area (Å²) in [4.78, 5) is 50.6. The first-order valence-corrected chi connectivity index (χ1v) is 11.4. The van der Waals surface area contributed by atoms with Crippen molar-refractivity contribution in [3.05, 3.63) is 75.3 Å². The molecule has 1 fully saturated rings. The van der Waals surface area contributed by atoms with Crippen LogP contribution in [-0.4, -0.2) is 85.2 Å². The van der Waals surface area contributed by atoms with E-state index in [1.165, 1.54) is 0 Å². The third-order valence-corrected chi connectivity index (χ3v) is 6.09. The van der Waals surface area contributed by atoms with Crippen LogP contribution in [0.2, 0.25) is 0 Å². The van der Waals surface area contributed by atoms with Gasteiger partial charge in [-0.3, -0.25) is 23.9 Å². The largest absolute Gasteiger partial charge is 0.456 e. The fourth-order valence-corrected chi connectivity index (χ4v) is 4.17. The fraction of sp³-hybridized carbons (Fsp3) is 0.391. The van der Waals surface area contributed by atoms with Gasteiger partial charge >= 0.3 is 5.69 Å². The molecule has 38 heavy (non-hydrogen) atoms. The van der Waals surface area contributed by atoms with Gasteiger partial charge in [-0.2, -0.15) is 0 Å². The van der Waals surface area contributed by atoms with Gasteiger partial charge < -0.3 is 45.7 Å². The highest BCUT2D eigenvalue weighted by Gasteiger charge is 2.51. The monoisotopic (exact) mass is 534 g/mol. The van der Waals surface area contributed by atoms with Crippen molar-refractivity contribution in [3.8, 4) is 0 Å². The van der Waals surface area contributed by atoms with Gasteiger partial charge in [0.25, 0.3) is 11.5 Å². The van der Waals surface area contributed by atoms with Crippen LogP contribution in [0.25, 0.3) is 0 Å². The maximum absolute atomic E-state index is 12.6. The van der Waals surface area contributed by atoms with Crippen LogP contribution in [0.15, 0.2) is 64.0 Å². The lowest BCUT2D eigenvalue weighted by atomic mass is 9.94. The highest BCUT2D eigenvalue weighted by molar-refractivity contribution is 6.02. The second kappa shape index (κ2) is 11.3. The summed E-state index contributed by atoms with van der Waals surface area (Å²) in [5.74, 6) is -3.60. The van der Waals surface area contributed by atoms with Crippen molar-refractivity contribution in [2.45, 2.75) is 43.0 Å². The Morgan fingerprint density at radius 2 is 1.84 bits per heavy atom. The molecular formula is C23H26N4O11. The van der Waals surface area contributed by atoms with E-state index in [-0.39, 0.29) is 0 Å². The lowest BCUT2D eigenvalue weighted by Gasteiger charge is -2.35. The lowest BCUT2D eigenvalue weighted by Crippen LogP contribution is -2.52. The summed E-state index contributed by atoms with van der Waals surface area (Å²) in [6.07, 6.45) is -9.51. The summed E-state index contributed by atoms with van der Waals surface area (Å²) in [7, 11) is 0. The number of aliphatic hydroxyl groups is 4. The summed E-state index contributed by atoms with van der Waals surface area (Å²) < 4.78 is 17.5. The molecule has 204 valence electrons. The zero-order valence-electron chi connectivity index (χ0n) is 19.6. The van der Waals surface area contributed by atoms with Crippen molar-refractivity contribution in [2.24, 2.45) is 11.7 Å². The van der Waals surface area contributed by atoms with E-state index in [9.17, 15) is 39.6 Å². The van der Waals surface area contributed by atoms with E-state index in [0.29, 0.717) is 5.69 Å². The van der Waals surface area contributed by atoms with Crippen LogP contribution in [0.5, 0.6) is 0 Å². The minimum absolute atomic E-state index is 0.415. The number of rotatable bonds is 8. The number of anilines is 1. The summed E-state index contributed by atoms with van der Waals surface area (Å²) in [6.45, 7) is -0.741. The van der Waals surface area contributed by atoms with E-state index in [4.69, 9.17) is 19.9 Å². The van der Waals surface area contributed by atoms with Gasteiger partial charge in [-0.05, 0) is 18.2 Å². The molecule has 4 rings (SSSR count). The van der Waals surface area contributed by atoms with Crippen LogP contribution in [-0.2, 0) is 23.8 Å². The molecular weight excluding hydrogens is 508 g/mol. The Morgan fingerprint density at radius 1 is 1.13 bits per heavy atom. The van der Waals surface area contributed by atoms with Gasteiger partial charge in [0.15, 0.2) is 18.1 Å². The number of carbonyl (C=O) groups is 2. The number of primary amides is 1. The number of hydrogen-bond donors (Lipinski definition) is 7. The minimum Gasteiger partial charge on any atom is -0.456 e. The van der Waals surface area contributed by atoms with Crippen molar-refractivity contribution in [1.82, 2.24) is 9.55 Å². The molecule has 3 heterocycles. The van der Waals surface area contributed by atoms with Crippen LogP contribution in [0.1, 0.15) is 6.23 Å². The second-order valence-corrected chi connectivity index (χ2v) is 8.62. The maximum Gasteiger partial charge on any atom is 0.330 e. The molecule has 2 aliphatic rings. The van der Waals surface area contributed by atoms with E-state index in [1.807, 2.05) is 4.98 Å². The predicted octanol–water partition coefficient (Wildman–Crippen LogP) is -3.13. The zero-order chi connectivity index (χ0) is 27.6. The smallest absolute Gasteiger partial charge is 0.330 e. The molecule has 0 radical (unpaired) electrons. The number of amides is 2. The zero-order valence-corrected chi connectivity index (χ0v) is 19.6. The van der Waals surface area contributed by atoms with Gasteiger partial charge in [0.2, 0.25) is 12.2 Å². The Morgan fingerprint density at radius 3 is 2.47 bits per heavy atom. The number of aromatic nitrogens is 2. The van der Waals surface area contributed by atoms with Crippen molar-refractivity contribution < 1.29 is 44.2 Å².